The van der Waals surface area contributed by atoms with Gasteiger partial charge in [0.25, 0.3) is 0 Å². The van der Waals surface area contributed by atoms with Gasteiger partial charge in [0.15, 0.2) is 0 Å². The van der Waals surface area contributed by atoms with Gasteiger partial charge in [-0.1, -0.05) is 0 Å². The molecule has 1 aromatic rings. The quantitative estimate of drug-likeness (QED) is 0.561. The van der Waals surface area contributed by atoms with Crippen LogP contribution in [0.1, 0.15) is 5.56 Å². The molecule has 12 heavy (non-hydrogen) atoms. The second-order valence-electron chi connectivity index (χ2n) is 2.83. The Labute approximate surface area is 69.8 Å². The molecule has 1 aliphatic heterocycles. The summed E-state index contributed by atoms with van der Waals surface area (Å²) in [5, 5.41) is 2.68. The van der Waals surface area contributed by atoms with Crippen LogP contribution in [0.2, 0.25) is 0 Å². The Morgan fingerprint density at radius 2 is 2.50 bits per heavy atom. The van der Waals surface area contributed by atoms with E-state index < -0.39 is 6.04 Å². The molecule has 62 valence electrons. The molecule has 0 bridgehead atoms. The molecule has 3 N–H and O–H groups in total. The van der Waals surface area contributed by atoms with Crippen molar-refractivity contribution >= 4 is 11.6 Å². The minimum atomic E-state index is -0.417. The molecular formula is C8H9N3O. The molecule has 0 radical (unpaired) electrons. The first-order chi connectivity index (χ1) is 5.77. The fraction of sp³-hybridized carbons (Fsp3) is 0.250. The molecule has 1 amide bonds. The maximum Gasteiger partial charge on any atom is 0.241 e. The van der Waals surface area contributed by atoms with Crippen LogP contribution >= 0.6 is 0 Å². The molecule has 0 fully saturated rings. The summed E-state index contributed by atoms with van der Waals surface area (Å²) in [6.45, 7) is 0. The third-order valence-electron chi connectivity index (χ3n) is 1.95. The number of carbonyl (C=O) groups is 1. The summed E-state index contributed by atoms with van der Waals surface area (Å²) >= 11 is 0. The van der Waals surface area contributed by atoms with Gasteiger partial charge in [-0.15, -0.1) is 0 Å². The maximum atomic E-state index is 11.1. The molecule has 0 aromatic carbocycles. The van der Waals surface area contributed by atoms with E-state index in [2.05, 4.69) is 10.3 Å². The number of nitrogens with zero attached hydrogens (tertiary/aromatic N) is 1. The van der Waals surface area contributed by atoms with Gasteiger partial charge in [0.05, 0.1) is 17.9 Å². The van der Waals surface area contributed by atoms with Gasteiger partial charge in [0.2, 0.25) is 5.91 Å². The van der Waals surface area contributed by atoms with Crippen LogP contribution in [-0.4, -0.2) is 16.9 Å². The molecule has 0 aliphatic carbocycles. The molecule has 4 nitrogen and oxygen atoms in total. The number of rotatable bonds is 0. The molecule has 0 unspecified atom stereocenters. The molecule has 2 rings (SSSR count). The van der Waals surface area contributed by atoms with Gasteiger partial charge in [-0.25, -0.2) is 0 Å². The summed E-state index contributed by atoms with van der Waals surface area (Å²) in [5.41, 5.74) is 7.40. The van der Waals surface area contributed by atoms with Crippen LogP contribution in [0.5, 0.6) is 0 Å². The zero-order valence-electron chi connectivity index (χ0n) is 6.45. The number of aromatic nitrogens is 1. The molecule has 4 heteroatoms. The normalized spacial score (nSPS) is 21.4. The van der Waals surface area contributed by atoms with Crippen molar-refractivity contribution in [1.29, 1.82) is 0 Å². The van der Waals surface area contributed by atoms with Crippen molar-refractivity contribution in [3.05, 3.63) is 24.0 Å². The van der Waals surface area contributed by atoms with E-state index in [0.717, 1.165) is 11.3 Å². The van der Waals surface area contributed by atoms with Gasteiger partial charge in [-0.05, 0) is 18.1 Å². The van der Waals surface area contributed by atoms with Crippen LogP contribution in [0, 0.1) is 0 Å². The fourth-order valence-corrected chi connectivity index (χ4v) is 1.27. The van der Waals surface area contributed by atoms with E-state index in [0.29, 0.717) is 6.42 Å². The van der Waals surface area contributed by atoms with Gasteiger partial charge >= 0.3 is 0 Å². The zero-order chi connectivity index (χ0) is 8.55. The molecular weight excluding hydrogens is 154 g/mol. The Kier molecular flexibility index (Phi) is 1.55. The van der Waals surface area contributed by atoms with Gasteiger partial charge in [-0.3, -0.25) is 9.78 Å². The van der Waals surface area contributed by atoms with E-state index in [1.54, 1.807) is 12.4 Å². The highest BCUT2D eigenvalue weighted by Gasteiger charge is 2.21. The minimum Gasteiger partial charge on any atom is -0.323 e. The molecule has 0 spiro atoms. The van der Waals surface area contributed by atoms with Gasteiger partial charge < -0.3 is 11.1 Å². The maximum absolute atomic E-state index is 11.1. The first-order valence-corrected chi connectivity index (χ1v) is 3.77. The van der Waals surface area contributed by atoms with E-state index in [-0.39, 0.29) is 5.91 Å². The lowest BCUT2D eigenvalue weighted by atomic mass is 10.0. The van der Waals surface area contributed by atoms with Crippen molar-refractivity contribution in [2.24, 2.45) is 5.73 Å². The highest BCUT2D eigenvalue weighted by molar-refractivity contribution is 5.97. The van der Waals surface area contributed by atoms with Crippen LogP contribution < -0.4 is 11.1 Å². The number of fused-ring (bicyclic) bond motifs is 1. The molecule has 2 heterocycles. The summed E-state index contributed by atoms with van der Waals surface area (Å²) in [6.07, 6.45) is 3.94. The average Bonchev–Trinajstić information content (AvgIpc) is 2.07. The predicted molar refractivity (Wildman–Crippen MR) is 44.5 cm³/mol. The Morgan fingerprint density at radius 1 is 1.67 bits per heavy atom. The van der Waals surface area contributed by atoms with E-state index in [4.69, 9.17) is 5.73 Å². The molecule has 0 saturated heterocycles. The Hall–Kier alpha value is -1.42. The largest absolute Gasteiger partial charge is 0.323 e. The number of hydrogen-bond acceptors (Lipinski definition) is 3. The summed E-state index contributed by atoms with van der Waals surface area (Å²) < 4.78 is 0. The number of amides is 1. The Balaban J connectivity index is 2.40. The second-order valence-corrected chi connectivity index (χ2v) is 2.83. The van der Waals surface area contributed by atoms with Gasteiger partial charge in [-0.2, -0.15) is 0 Å². The van der Waals surface area contributed by atoms with Crippen molar-refractivity contribution in [2.75, 3.05) is 5.32 Å². The molecule has 1 atom stereocenters. The molecule has 1 aliphatic rings. The second kappa shape index (κ2) is 2.57. The van der Waals surface area contributed by atoms with Crippen molar-refractivity contribution in [1.82, 2.24) is 4.98 Å². The first kappa shape index (κ1) is 7.24. The summed E-state index contributed by atoms with van der Waals surface area (Å²) in [7, 11) is 0. The smallest absolute Gasteiger partial charge is 0.241 e. The van der Waals surface area contributed by atoms with E-state index in [1.807, 2.05) is 6.07 Å². The number of pyridine rings is 1. The van der Waals surface area contributed by atoms with Crippen molar-refractivity contribution < 1.29 is 4.79 Å². The lowest BCUT2D eigenvalue weighted by molar-refractivity contribution is -0.117. The van der Waals surface area contributed by atoms with Crippen molar-refractivity contribution in [2.45, 2.75) is 12.5 Å². The zero-order valence-corrected chi connectivity index (χ0v) is 6.45. The lowest BCUT2D eigenvalue weighted by Gasteiger charge is -2.20. The highest BCUT2D eigenvalue weighted by atomic mass is 16.2. The molecule has 0 saturated carbocycles. The third kappa shape index (κ3) is 1.06. The van der Waals surface area contributed by atoms with Crippen LogP contribution in [0.4, 0.5) is 5.69 Å². The third-order valence-corrected chi connectivity index (χ3v) is 1.95. The van der Waals surface area contributed by atoms with Crippen LogP contribution in [0.15, 0.2) is 18.5 Å². The summed E-state index contributed by atoms with van der Waals surface area (Å²) in [4.78, 5) is 15.0. The first-order valence-electron chi connectivity index (χ1n) is 3.77. The van der Waals surface area contributed by atoms with Crippen LogP contribution in [0.3, 0.4) is 0 Å². The lowest BCUT2D eigenvalue weighted by Crippen LogP contribution is -2.41. The predicted octanol–water partition coefficient (Wildman–Crippen LogP) is -0.0965. The van der Waals surface area contributed by atoms with Crippen LogP contribution in [-0.2, 0) is 11.2 Å². The van der Waals surface area contributed by atoms with Crippen molar-refractivity contribution in [3.8, 4) is 0 Å². The highest BCUT2D eigenvalue weighted by Crippen LogP contribution is 2.19. The van der Waals surface area contributed by atoms with E-state index >= 15 is 0 Å². The fourth-order valence-electron chi connectivity index (χ4n) is 1.27. The number of nitrogens with one attached hydrogen (secondary N) is 1. The Bertz CT molecular complexity index is 324. The summed E-state index contributed by atoms with van der Waals surface area (Å²) in [5.74, 6) is -0.129. The molecule has 1 aromatic heterocycles. The average molecular weight is 163 g/mol. The summed E-state index contributed by atoms with van der Waals surface area (Å²) in [6, 6.07) is 1.45. The van der Waals surface area contributed by atoms with Crippen LogP contribution in [0.25, 0.3) is 0 Å². The van der Waals surface area contributed by atoms with Gasteiger partial charge in [0.1, 0.15) is 0 Å². The SMILES string of the molecule is N[C@H]1Cc2ccncc2NC1=O. The Morgan fingerprint density at radius 3 is 3.33 bits per heavy atom. The number of anilines is 1. The monoisotopic (exact) mass is 163 g/mol. The van der Waals surface area contributed by atoms with E-state index in [1.165, 1.54) is 0 Å². The standard InChI is InChI=1S/C8H9N3O/c9-6-3-5-1-2-10-4-7(5)11-8(6)12/h1-2,4,6H,3,9H2,(H,11,12)/t6-/m0/s1. The number of nitrogens with two attached hydrogens (primary N) is 1. The topological polar surface area (TPSA) is 68.0 Å². The minimum absolute atomic E-state index is 0.129. The van der Waals surface area contributed by atoms with Crippen molar-refractivity contribution in [3.63, 3.8) is 0 Å². The number of carbonyl (C=O) groups excluding carboxylic acids is 1. The van der Waals surface area contributed by atoms with E-state index in [9.17, 15) is 4.79 Å². The van der Waals surface area contributed by atoms with Gasteiger partial charge in [0, 0.05) is 6.20 Å². The number of hydrogen-bond donors (Lipinski definition) is 2.